The maximum atomic E-state index is 11.9. The highest BCUT2D eigenvalue weighted by Gasteiger charge is 2.29. The highest BCUT2D eigenvalue weighted by molar-refractivity contribution is 5.99. The fourth-order valence-corrected chi connectivity index (χ4v) is 2.37. The summed E-state index contributed by atoms with van der Waals surface area (Å²) in [4.78, 5) is 34.9. The van der Waals surface area contributed by atoms with Crippen molar-refractivity contribution in [3.05, 3.63) is 24.3 Å². The maximum Gasteiger partial charge on any atom is 0.308 e. The first-order chi connectivity index (χ1) is 11.0. The molecule has 1 aromatic rings. The highest BCUT2D eigenvalue weighted by atomic mass is 16.5. The average Bonchev–Trinajstić information content (AvgIpc) is 2.51. The van der Waals surface area contributed by atoms with E-state index in [1.807, 2.05) is 6.92 Å². The molecule has 0 saturated carbocycles. The summed E-state index contributed by atoms with van der Waals surface area (Å²) >= 11 is 0. The third-order valence-corrected chi connectivity index (χ3v) is 3.61. The van der Waals surface area contributed by atoms with Crippen molar-refractivity contribution in [3.63, 3.8) is 0 Å². The fraction of sp³-hybridized carbons (Fsp3) is 0.438. The molecule has 0 bridgehead atoms. The zero-order valence-electron chi connectivity index (χ0n) is 12.9. The van der Waals surface area contributed by atoms with Crippen molar-refractivity contribution in [2.45, 2.75) is 32.3 Å². The van der Waals surface area contributed by atoms with Gasteiger partial charge in [-0.15, -0.1) is 0 Å². The van der Waals surface area contributed by atoms with E-state index in [-0.39, 0.29) is 18.9 Å². The number of hydrogen-bond donors (Lipinski definition) is 3. The van der Waals surface area contributed by atoms with Gasteiger partial charge in [-0.25, -0.2) is 0 Å². The summed E-state index contributed by atoms with van der Waals surface area (Å²) in [6, 6.07) is 6.97. The summed E-state index contributed by atoms with van der Waals surface area (Å²) < 4.78 is 5.53. The Morgan fingerprint density at radius 2 is 2.13 bits per heavy atom. The molecule has 0 spiro atoms. The Morgan fingerprint density at radius 3 is 2.83 bits per heavy atom. The molecule has 0 radical (unpaired) electrons. The predicted molar refractivity (Wildman–Crippen MR) is 83.1 cm³/mol. The molecule has 7 heteroatoms. The number of aliphatic carboxylic acids is 1. The average molecular weight is 320 g/mol. The van der Waals surface area contributed by atoms with Crippen molar-refractivity contribution in [3.8, 4) is 5.75 Å². The lowest BCUT2D eigenvalue weighted by molar-refractivity contribution is -0.142. The molecule has 23 heavy (non-hydrogen) atoms. The molecule has 3 N–H and O–H groups in total. The van der Waals surface area contributed by atoms with E-state index in [1.165, 1.54) is 0 Å². The van der Waals surface area contributed by atoms with Gasteiger partial charge >= 0.3 is 5.97 Å². The van der Waals surface area contributed by atoms with Gasteiger partial charge in [-0.3, -0.25) is 14.4 Å². The topological polar surface area (TPSA) is 105 Å². The van der Waals surface area contributed by atoms with E-state index in [0.29, 0.717) is 17.9 Å². The standard InChI is InChI=1S/C16H20N2O5/c1-2-5-10(16(21)22)9-17-14(19)8-13-15(20)18-11-6-3-4-7-12(11)23-13/h3-4,6-7,10,13H,2,5,8-9H2,1H3,(H,17,19)(H,18,20)(H,21,22). The number of rotatable bonds is 7. The molecule has 7 nitrogen and oxygen atoms in total. The minimum Gasteiger partial charge on any atom is -0.481 e. The predicted octanol–water partition coefficient (Wildman–Crippen LogP) is 1.39. The van der Waals surface area contributed by atoms with Gasteiger partial charge in [0.05, 0.1) is 18.0 Å². The number of hydrogen-bond acceptors (Lipinski definition) is 4. The van der Waals surface area contributed by atoms with Crippen LogP contribution < -0.4 is 15.4 Å². The summed E-state index contributed by atoms with van der Waals surface area (Å²) in [6.07, 6.45) is 0.138. The third-order valence-electron chi connectivity index (χ3n) is 3.61. The number of carbonyl (C=O) groups is 3. The van der Waals surface area contributed by atoms with E-state index in [9.17, 15) is 14.4 Å². The quantitative estimate of drug-likeness (QED) is 0.704. The van der Waals surface area contributed by atoms with Gasteiger partial charge < -0.3 is 20.5 Å². The zero-order valence-corrected chi connectivity index (χ0v) is 12.9. The minimum absolute atomic E-state index is 0.0485. The Labute approximate surface area is 134 Å². The van der Waals surface area contributed by atoms with Gasteiger partial charge in [-0.2, -0.15) is 0 Å². The van der Waals surface area contributed by atoms with Crippen molar-refractivity contribution < 1.29 is 24.2 Å². The van der Waals surface area contributed by atoms with Gasteiger partial charge in [0.2, 0.25) is 5.91 Å². The van der Waals surface area contributed by atoms with E-state index in [2.05, 4.69) is 10.6 Å². The number of carboxylic acid groups (broad SMARTS) is 1. The van der Waals surface area contributed by atoms with Crippen LogP contribution in [0.1, 0.15) is 26.2 Å². The van der Waals surface area contributed by atoms with Crippen LogP contribution in [0.3, 0.4) is 0 Å². The van der Waals surface area contributed by atoms with E-state index < -0.39 is 23.9 Å². The lowest BCUT2D eigenvalue weighted by Crippen LogP contribution is -2.42. The molecule has 0 aromatic heterocycles. The highest BCUT2D eigenvalue weighted by Crippen LogP contribution is 2.29. The number of fused-ring (bicyclic) bond motifs is 1. The van der Waals surface area contributed by atoms with Gasteiger partial charge in [-0.05, 0) is 18.6 Å². The first-order valence-electron chi connectivity index (χ1n) is 7.57. The molecule has 2 rings (SSSR count). The van der Waals surface area contributed by atoms with Crippen molar-refractivity contribution in [1.29, 1.82) is 0 Å². The molecule has 1 aliphatic rings. The molecule has 2 amide bonds. The van der Waals surface area contributed by atoms with E-state index in [0.717, 1.165) is 6.42 Å². The Kier molecular flexibility index (Phi) is 5.56. The van der Waals surface area contributed by atoms with Gasteiger partial charge in [0.1, 0.15) is 5.75 Å². The summed E-state index contributed by atoms with van der Waals surface area (Å²) in [5.41, 5.74) is 0.572. The van der Waals surface area contributed by atoms with Crippen LogP contribution in [0.2, 0.25) is 0 Å². The van der Waals surface area contributed by atoms with Crippen molar-refractivity contribution >= 4 is 23.5 Å². The number of carboxylic acids is 1. The molecular formula is C16H20N2O5. The summed E-state index contributed by atoms with van der Waals surface area (Å²) in [5, 5.41) is 14.3. The third kappa shape index (κ3) is 4.45. The van der Waals surface area contributed by atoms with E-state index in [1.54, 1.807) is 24.3 Å². The number of benzene rings is 1. The number of carbonyl (C=O) groups excluding carboxylic acids is 2. The normalized spacial score (nSPS) is 17.4. The number of anilines is 1. The first kappa shape index (κ1) is 16.8. The largest absolute Gasteiger partial charge is 0.481 e. The molecule has 1 heterocycles. The van der Waals surface area contributed by atoms with Gasteiger partial charge in [0.25, 0.3) is 5.91 Å². The SMILES string of the molecule is CCCC(CNC(=O)CC1Oc2ccccc2NC1=O)C(=O)O. The van der Waals surface area contributed by atoms with Crippen LogP contribution in [0.5, 0.6) is 5.75 Å². The van der Waals surface area contributed by atoms with Crippen molar-refractivity contribution in [1.82, 2.24) is 5.32 Å². The number of ether oxygens (including phenoxy) is 1. The van der Waals surface area contributed by atoms with Crippen LogP contribution in [0.4, 0.5) is 5.69 Å². The van der Waals surface area contributed by atoms with Crippen LogP contribution >= 0.6 is 0 Å². The van der Waals surface area contributed by atoms with E-state index in [4.69, 9.17) is 9.84 Å². The molecular weight excluding hydrogens is 300 g/mol. The molecule has 0 aliphatic carbocycles. The van der Waals surface area contributed by atoms with Gasteiger partial charge in [0, 0.05) is 6.54 Å². The Bertz CT molecular complexity index is 602. The Hall–Kier alpha value is -2.57. The Balaban J connectivity index is 1.88. The maximum absolute atomic E-state index is 11.9. The summed E-state index contributed by atoms with van der Waals surface area (Å²) in [6.45, 7) is 1.93. The molecule has 0 saturated heterocycles. The van der Waals surface area contributed by atoms with Crippen LogP contribution in [-0.2, 0) is 14.4 Å². The van der Waals surface area contributed by atoms with Gasteiger partial charge in [-0.1, -0.05) is 25.5 Å². The van der Waals surface area contributed by atoms with Crippen LogP contribution in [0.25, 0.3) is 0 Å². The minimum atomic E-state index is -0.937. The summed E-state index contributed by atoms with van der Waals surface area (Å²) in [5.74, 6) is -1.84. The van der Waals surface area contributed by atoms with Crippen LogP contribution in [0, 0.1) is 5.92 Å². The monoisotopic (exact) mass is 320 g/mol. The van der Waals surface area contributed by atoms with Crippen LogP contribution in [0.15, 0.2) is 24.3 Å². The molecule has 2 atom stereocenters. The smallest absolute Gasteiger partial charge is 0.308 e. The molecule has 0 fully saturated rings. The lowest BCUT2D eigenvalue weighted by Gasteiger charge is -2.25. The first-order valence-corrected chi connectivity index (χ1v) is 7.57. The molecule has 2 unspecified atom stereocenters. The Morgan fingerprint density at radius 1 is 1.39 bits per heavy atom. The number of nitrogens with one attached hydrogen (secondary N) is 2. The second kappa shape index (κ2) is 7.62. The second-order valence-corrected chi connectivity index (χ2v) is 5.42. The molecule has 1 aliphatic heterocycles. The lowest BCUT2D eigenvalue weighted by atomic mass is 10.0. The number of para-hydroxylation sites is 2. The number of amides is 2. The van der Waals surface area contributed by atoms with Crippen LogP contribution in [-0.4, -0.2) is 35.5 Å². The summed E-state index contributed by atoms with van der Waals surface area (Å²) in [7, 11) is 0. The van der Waals surface area contributed by atoms with Crippen molar-refractivity contribution in [2.24, 2.45) is 5.92 Å². The molecule has 124 valence electrons. The zero-order chi connectivity index (χ0) is 16.8. The van der Waals surface area contributed by atoms with Gasteiger partial charge in [0.15, 0.2) is 6.10 Å². The fourth-order valence-electron chi connectivity index (χ4n) is 2.37. The van der Waals surface area contributed by atoms with E-state index >= 15 is 0 Å². The van der Waals surface area contributed by atoms with Crippen molar-refractivity contribution in [2.75, 3.05) is 11.9 Å². The molecule has 1 aromatic carbocycles. The second-order valence-electron chi connectivity index (χ2n) is 5.42.